The topological polar surface area (TPSA) is 67.2 Å². The number of rotatable bonds is 8. The predicted octanol–water partition coefficient (Wildman–Crippen LogP) is 4.82. The number of hydrogen-bond donors (Lipinski definition) is 1. The van der Waals surface area contributed by atoms with Crippen molar-refractivity contribution in [3.8, 4) is 0 Å². The normalized spacial score (nSPS) is 17.4. The Bertz CT molecular complexity index is 1320. The van der Waals surface area contributed by atoms with Crippen molar-refractivity contribution >= 4 is 22.8 Å². The van der Waals surface area contributed by atoms with Crippen molar-refractivity contribution in [3.63, 3.8) is 0 Å². The zero-order chi connectivity index (χ0) is 24.2. The number of carbonyl (C=O) groups is 2. The molecule has 4 aromatic rings. The Kier molecular flexibility index (Phi) is 6.62. The van der Waals surface area contributed by atoms with Crippen molar-refractivity contribution in [3.05, 3.63) is 102 Å². The van der Waals surface area contributed by atoms with Crippen LogP contribution in [0.4, 0.5) is 0 Å². The first-order valence-corrected chi connectivity index (χ1v) is 12.2. The van der Waals surface area contributed by atoms with Gasteiger partial charge in [-0.15, -0.1) is 0 Å². The number of aromatic nitrogens is 2. The quantitative estimate of drug-likeness (QED) is 0.379. The largest absolute Gasteiger partial charge is 0.356 e. The van der Waals surface area contributed by atoms with Gasteiger partial charge in [0.15, 0.2) is 0 Å². The van der Waals surface area contributed by atoms with Gasteiger partial charge in [0, 0.05) is 13.1 Å². The Morgan fingerprint density at radius 2 is 1.57 bits per heavy atom. The van der Waals surface area contributed by atoms with Gasteiger partial charge in [0.25, 0.3) is 0 Å². The summed E-state index contributed by atoms with van der Waals surface area (Å²) in [6.07, 6.45) is 1.85. The van der Waals surface area contributed by atoms with Crippen LogP contribution >= 0.6 is 0 Å². The van der Waals surface area contributed by atoms with Crippen LogP contribution in [0.2, 0.25) is 0 Å². The van der Waals surface area contributed by atoms with Crippen molar-refractivity contribution in [1.29, 1.82) is 0 Å². The fraction of sp³-hybridized carbons (Fsp3) is 0.276. The van der Waals surface area contributed by atoms with E-state index in [4.69, 9.17) is 4.98 Å². The van der Waals surface area contributed by atoms with Gasteiger partial charge in [0.2, 0.25) is 11.8 Å². The Labute approximate surface area is 205 Å². The van der Waals surface area contributed by atoms with E-state index in [2.05, 4.69) is 17.4 Å². The molecule has 1 aliphatic rings. The highest BCUT2D eigenvalue weighted by Gasteiger charge is 2.40. The van der Waals surface area contributed by atoms with Crippen LogP contribution in [0.25, 0.3) is 11.0 Å². The van der Waals surface area contributed by atoms with Crippen LogP contribution in [-0.4, -0.2) is 32.8 Å². The monoisotopic (exact) mass is 466 g/mol. The number of imidazole rings is 1. The molecule has 0 bridgehead atoms. The summed E-state index contributed by atoms with van der Waals surface area (Å²) < 4.78 is 1.98. The van der Waals surface area contributed by atoms with Crippen LogP contribution in [-0.2, 0) is 22.6 Å². The Balaban J connectivity index is 1.35. The highest BCUT2D eigenvalue weighted by atomic mass is 16.2. The van der Waals surface area contributed by atoms with Gasteiger partial charge in [-0.3, -0.25) is 9.59 Å². The fourth-order valence-electron chi connectivity index (χ4n) is 4.90. The zero-order valence-electron chi connectivity index (χ0n) is 19.9. The first kappa shape index (κ1) is 22.8. The molecule has 2 atom stereocenters. The van der Waals surface area contributed by atoms with Crippen LogP contribution in [0.1, 0.15) is 48.8 Å². The summed E-state index contributed by atoms with van der Waals surface area (Å²) in [4.78, 5) is 33.5. The van der Waals surface area contributed by atoms with Gasteiger partial charge < -0.3 is 14.8 Å². The number of fused-ring (bicyclic) bond motifs is 3. The van der Waals surface area contributed by atoms with Crippen LogP contribution in [0.3, 0.4) is 0 Å². The van der Waals surface area contributed by atoms with E-state index in [1.807, 2.05) is 89.2 Å². The highest BCUT2D eigenvalue weighted by Crippen LogP contribution is 2.37. The lowest BCUT2D eigenvalue weighted by atomic mass is 10.0. The van der Waals surface area contributed by atoms with Crippen molar-refractivity contribution < 1.29 is 9.59 Å². The molecule has 35 heavy (non-hydrogen) atoms. The van der Waals surface area contributed by atoms with Gasteiger partial charge >= 0.3 is 0 Å². The third kappa shape index (κ3) is 4.83. The molecule has 6 nitrogen and oxygen atoms in total. The number of nitrogens with zero attached hydrogens (tertiary/aromatic N) is 3. The smallest absolute Gasteiger partial charge is 0.247 e. The number of carbonyl (C=O) groups excluding carboxylic acids is 2. The summed E-state index contributed by atoms with van der Waals surface area (Å²) in [5.41, 5.74) is 4.05. The average Bonchev–Trinajstić information content (AvgIpc) is 3.28. The highest BCUT2D eigenvalue weighted by molar-refractivity contribution is 5.90. The van der Waals surface area contributed by atoms with Gasteiger partial charge in [-0.05, 0) is 43.0 Å². The molecule has 178 valence electrons. The molecule has 6 heteroatoms. The van der Waals surface area contributed by atoms with E-state index in [1.54, 1.807) is 0 Å². The van der Waals surface area contributed by atoms with Crippen LogP contribution in [0, 0.1) is 0 Å². The van der Waals surface area contributed by atoms with Gasteiger partial charge in [0.05, 0.1) is 23.5 Å². The van der Waals surface area contributed by atoms with Crippen molar-refractivity contribution in [2.24, 2.45) is 0 Å². The average molecular weight is 467 g/mol. The number of nitrogens with one attached hydrogen (secondary N) is 1. The minimum absolute atomic E-state index is 0.0450. The SMILES string of the molecule is C[C@@H]1c2nc3ccccc3n2[C@H](CC(=O)NCCCc2ccccc2)C(=O)N1Cc1ccccc1. The van der Waals surface area contributed by atoms with Crippen LogP contribution in [0.15, 0.2) is 84.9 Å². The second-order valence-corrected chi connectivity index (χ2v) is 9.12. The van der Waals surface area contributed by atoms with E-state index in [-0.39, 0.29) is 24.3 Å². The second kappa shape index (κ2) is 10.1. The maximum absolute atomic E-state index is 13.8. The molecule has 1 aromatic heterocycles. The molecule has 0 saturated carbocycles. The number of aryl methyl sites for hydroxylation is 1. The van der Waals surface area contributed by atoms with Crippen LogP contribution < -0.4 is 5.32 Å². The lowest BCUT2D eigenvalue weighted by molar-refractivity contribution is -0.142. The van der Waals surface area contributed by atoms with Gasteiger partial charge in [-0.1, -0.05) is 72.8 Å². The maximum Gasteiger partial charge on any atom is 0.247 e. The Morgan fingerprint density at radius 3 is 2.31 bits per heavy atom. The summed E-state index contributed by atoms with van der Waals surface area (Å²) in [7, 11) is 0. The van der Waals surface area contributed by atoms with Gasteiger partial charge in [0.1, 0.15) is 11.9 Å². The zero-order valence-corrected chi connectivity index (χ0v) is 19.9. The molecule has 3 aromatic carbocycles. The standard InChI is InChI=1S/C29H30N4O2/c1-21-28-31-24-16-8-9-17-25(24)33(28)26(29(35)32(21)20-23-13-6-3-7-14-23)19-27(34)30-18-10-15-22-11-4-2-5-12-22/h2-9,11-14,16-17,21,26H,10,15,18-20H2,1H3,(H,30,34)/t21-,26-/m1/s1. The minimum atomic E-state index is -0.619. The molecule has 0 spiro atoms. The summed E-state index contributed by atoms with van der Waals surface area (Å²) in [5, 5.41) is 3.02. The van der Waals surface area contributed by atoms with E-state index >= 15 is 0 Å². The minimum Gasteiger partial charge on any atom is -0.356 e. The first-order chi connectivity index (χ1) is 17.1. The van der Waals surface area contributed by atoms with Crippen LogP contribution in [0.5, 0.6) is 0 Å². The van der Waals surface area contributed by atoms with E-state index < -0.39 is 6.04 Å². The molecule has 0 fully saturated rings. The second-order valence-electron chi connectivity index (χ2n) is 9.12. The Morgan fingerprint density at radius 1 is 0.914 bits per heavy atom. The molecule has 1 aliphatic heterocycles. The number of amides is 2. The molecule has 0 saturated heterocycles. The summed E-state index contributed by atoms with van der Waals surface area (Å²) in [5.74, 6) is 0.661. The Hall–Kier alpha value is -3.93. The fourth-order valence-corrected chi connectivity index (χ4v) is 4.90. The summed E-state index contributed by atoms with van der Waals surface area (Å²) >= 11 is 0. The van der Waals surface area contributed by atoms with E-state index in [0.717, 1.165) is 35.3 Å². The van der Waals surface area contributed by atoms with Crippen molar-refractivity contribution in [2.75, 3.05) is 6.54 Å². The number of benzene rings is 3. The molecule has 5 rings (SSSR count). The molecule has 2 amide bonds. The van der Waals surface area contributed by atoms with E-state index in [0.29, 0.717) is 13.1 Å². The lowest BCUT2D eigenvalue weighted by Crippen LogP contribution is -2.46. The third-order valence-corrected chi connectivity index (χ3v) is 6.73. The molecule has 0 radical (unpaired) electrons. The van der Waals surface area contributed by atoms with Gasteiger partial charge in [-0.25, -0.2) is 4.98 Å². The summed E-state index contributed by atoms with van der Waals surface area (Å²) in [6, 6.07) is 27.2. The molecular formula is C29H30N4O2. The van der Waals surface area contributed by atoms with Gasteiger partial charge in [-0.2, -0.15) is 0 Å². The van der Waals surface area contributed by atoms with E-state index in [9.17, 15) is 9.59 Å². The van der Waals surface area contributed by atoms with Crippen molar-refractivity contribution in [2.45, 2.75) is 44.8 Å². The molecule has 1 N–H and O–H groups in total. The first-order valence-electron chi connectivity index (χ1n) is 12.2. The molecule has 0 unspecified atom stereocenters. The number of hydrogen-bond acceptors (Lipinski definition) is 3. The molecular weight excluding hydrogens is 436 g/mol. The third-order valence-electron chi connectivity index (χ3n) is 6.73. The van der Waals surface area contributed by atoms with E-state index in [1.165, 1.54) is 5.56 Å². The molecule has 0 aliphatic carbocycles. The maximum atomic E-state index is 13.8. The predicted molar refractivity (Wildman–Crippen MR) is 137 cm³/mol. The van der Waals surface area contributed by atoms with Crippen molar-refractivity contribution in [1.82, 2.24) is 19.8 Å². The summed E-state index contributed by atoms with van der Waals surface area (Å²) in [6.45, 7) is 3.08. The molecule has 2 heterocycles. The lowest BCUT2D eigenvalue weighted by Gasteiger charge is -2.38. The number of para-hydroxylation sites is 2.